The minimum Gasteiger partial charge on any atom is -0.493 e. The zero-order valence-electron chi connectivity index (χ0n) is 18.2. The lowest BCUT2D eigenvalue weighted by molar-refractivity contribution is -0.115. The van der Waals surface area contributed by atoms with E-state index in [4.69, 9.17) is 21.1 Å². The number of thioether (sulfide) groups is 1. The molecule has 0 unspecified atom stereocenters. The number of benzene rings is 3. The fourth-order valence-corrected chi connectivity index (χ4v) is 5.00. The topological polar surface area (TPSA) is 59.9 Å². The van der Waals surface area contributed by atoms with Gasteiger partial charge in [0.15, 0.2) is 16.7 Å². The van der Waals surface area contributed by atoms with Gasteiger partial charge in [0.05, 0.1) is 22.2 Å². The van der Waals surface area contributed by atoms with Crippen LogP contribution < -0.4 is 14.8 Å². The van der Waals surface area contributed by atoms with Crippen LogP contribution in [0.2, 0.25) is 5.02 Å². The van der Waals surface area contributed by atoms with Gasteiger partial charge in [0, 0.05) is 9.50 Å². The Labute approximate surface area is 223 Å². The molecular weight excluding hydrogens is 604 g/mol. The van der Waals surface area contributed by atoms with Crippen LogP contribution >= 0.6 is 55.2 Å². The molecular formula is C25H19Br2ClN2O3S. The Morgan fingerprint density at radius 1 is 1.15 bits per heavy atom. The molecule has 5 nitrogen and oxygen atoms in total. The largest absolute Gasteiger partial charge is 0.493 e. The summed E-state index contributed by atoms with van der Waals surface area (Å²) in [6.07, 6.45) is 1.79. The Kier molecular flexibility index (Phi) is 8.03. The first kappa shape index (κ1) is 24.9. The highest BCUT2D eigenvalue weighted by Gasteiger charge is 2.24. The number of halogens is 3. The maximum atomic E-state index is 12.5. The van der Waals surface area contributed by atoms with Crippen molar-refractivity contribution in [2.75, 3.05) is 7.11 Å². The number of amides is 1. The van der Waals surface area contributed by atoms with Gasteiger partial charge in [-0.25, -0.2) is 4.99 Å². The molecule has 0 atom stereocenters. The van der Waals surface area contributed by atoms with Gasteiger partial charge in [-0.1, -0.05) is 45.7 Å². The first-order chi connectivity index (χ1) is 16.3. The smallest absolute Gasteiger partial charge is 0.264 e. The van der Waals surface area contributed by atoms with Crippen molar-refractivity contribution in [1.29, 1.82) is 0 Å². The number of ether oxygens (including phenoxy) is 2. The van der Waals surface area contributed by atoms with E-state index in [1.807, 2.05) is 61.5 Å². The van der Waals surface area contributed by atoms with Crippen molar-refractivity contribution >= 4 is 78.1 Å². The van der Waals surface area contributed by atoms with Crippen molar-refractivity contribution in [1.82, 2.24) is 5.32 Å². The molecule has 3 aromatic rings. The third-order valence-corrected chi connectivity index (χ3v) is 7.39. The highest BCUT2D eigenvalue weighted by molar-refractivity contribution is 9.10. The lowest BCUT2D eigenvalue weighted by Crippen LogP contribution is -2.19. The van der Waals surface area contributed by atoms with E-state index in [-0.39, 0.29) is 5.91 Å². The van der Waals surface area contributed by atoms with Crippen molar-refractivity contribution < 1.29 is 14.3 Å². The van der Waals surface area contributed by atoms with Crippen molar-refractivity contribution in [3.8, 4) is 11.5 Å². The average molecular weight is 623 g/mol. The standard InChI is InChI=1S/C25H19Br2ClN2O3S/c1-14-19(28)4-3-5-20(14)29-25-30-24(31)22(34-25)12-16-10-18(27)23(21(11-16)32-2)33-13-15-6-8-17(26)9-7-15/h3-12H,13H2,1-2H3,(H,29,30,31)/b22-12+. The van der Waals surface area contributed by atoms with E-state index in [1.165, 1.54) is 11.8 Å². The summed E-state index contributed by atoms with van der Waals surface area (Å²) in [5.74, 6) is 0.939. The summed E-state index contributed by atoms with van der Waals surface area (Å²) in [5, 5.41) is 3.94. The number of aliphatic imine (C=N–C) groups is 1. The van der Waals surface area contributed by atoms with E-state index in [0.717, 1.165) is 25.6 Å². The maximum Gasteiger partial charge on any atom is 0.264 e. The maximum absolute atomic E-state index is 12.5. The van der Waals surface area contributed by atoms with Gasteiger partial charge in [-0.15, -0.1) is 0 Å². The Morgan fingerprint density at radius 3 is 2.65 bits per heavy atom. The second-order valence-corrected chi connectivity index (χ2v) is 10.5. The molecule has 1 fully saturated rings. The van der Waals surface area contributed by atoms with Gasteiger partial charge in [0.2, 0.25) is 0 Å². The second-order valence-electron chi connectivity index (χ2n) is 7.31. The van der Waals surface area contributed by atoms with Gasteiger partial charge in [0.25, 0.3) is 5.91 Å². The summed E-state index contributed by atoms with van der Waals surface area (Å²) in [5.41, 5.74) is 3.39. The van der Waals surface area contributed by atoms with Crippen LogP contribution in [0.5, 0.6) is 11.5 Å². The van der Waals surface area contributed by atoms with Crippen molar-refractivity contribution in [3.05, 3.63) is 90.2 Å². The average Bonchev–Trinajstić information content (AvgIpc) is 3.15. The Bertz CT molecular complexity index is 1310. The molecule has 9 heteroatoms. The summed E-state index contributed by atoms with van der Waals surface area (Å²) in [7, 11) is 1.58. The number of hydrogen-bond donors (Lipinski definition) is 1. The molecule has 1 aliphatic heterocycles. The fourth-order valence-electron chi connectivity index (χ4n) is 3.16. The number of carbonyl (C=O) groups is 1. The third-order valence-electron chi connectivity index (χ3n) is 4.96. The van der Waals surface area contributed by atoms with Gasteiger partial charge in [-0.3, -0.25) is 4.79 Å². The van der Waals surface area contributed by atoms with E-state index < -0.39 is 0 Å². The van der Waals surface area contributed by atoms with Crippen LogP contribution in [0.25, 0.3) is 6.08 Å². The van der Waals surface area contributed by atoms with Crippen LogP contribution in [0.3, 0.4) is 0 Å². The predicted molar refractivity (Wildman–Crippen MR) is 146 cm³/mol. The Morgan fingerprint density at radius 2 is 1.91 bits per heavy atom. The molecule has 1 N–H and O–H groups in total. The number of nitrogens with one attached hydrogen (secondary N) is 1. The zero-order valence-corrected chi connectivity index (χ0v) is 22.9. The molecule has 1 saturated heterocycles. The van der Waals surface area contributed by atoms with Crippen LogP contribution in [0.1, 0.15) is 16.7 Å². The molecule has 4 rings (SSSR count). The summed E-state index contributed by atoms with van der Waals surface area (Å²) < 4.78 is 13.3. The lowest BCUT2D eigenvalue weighted by atomic mass is 10.2. The van der Waals surface area contributed by atoms with E-state index in [0.29, 0.717) is 38.9 Å². The van der Waals surface area contributed by atoms with Crippen LogP contribution in [0, 0.1) is 6.92 Å². The van der Waals surface area contributed by atoms with Gasteiger partial charge in [-0.2, -0.15) is 0 Å². The molecule has 174 valence electrons. The van der Waals surface area contributed by atoms with Crippen LogP contribution in [-0.2, 0) is 11.4 Å². The van der Waals surface area contributed by atoms with Crippen molar-refractivity contribution in [3.63, 3.8) is 0 Å². The van der Waals surface area contributed by atoms with Gasteiger partial charge < -0.3 is 14.8 Å². The zero-order chi connectivity index (χ0) is 24.2. The molecule has 1 aliphatic rings. The summed E-state index contributed by atoms with van der Waals surface area (Å²) in [6, 6.07) is 17.1. The van der Waals surface area contributed by atoms with Crippen molar-refractivity contribution in [2.45, 2.75) is 13.5 Å². The predicted octanol–water partition coefficient (Wildman–Crippen LogP) is 7.65. The molecule has 0 aliphatic carbocycles. The summed E-state index contributed by atoms with van der Waals surface area (Å²) in [4.78, 5) is 17.6. The highest BCUT2D eigenvalue weighted by atomic mass is 79.9. The molecule has 1 amide bonds. The van der Waals surface area contributed by atoms with Gasteiger partial charge >= 0.3 is 0 Å². The number of amidine groups is 1. The lowest BCUT2D eigenvalue weighted by Gasteiger charge is -2.14. The number of nitrogens with zero attached hydrogens (tertiary/aromatic N) is 1. The highest BCUT2D eigenvalue weighted by Crippen LogP contribution is 2.39. The molecule has 0 bridgehead atoms. The quantitative estimate of drug-likeness (QED) is 0.287. The first-order valence-corrected chi connectivity index (χ1v) is 12.9. The Balaban J connectivity index is 1.54. The van der Waals surface area contributed by atoms with E-state index >= 15 is 0 Å². The Hall–Kier alpha value is -2.26. The fraction of sp³-hybridized carbons (Fsp3) is 0.120. The van der Waals surface area contributed by atoms with Crippen LogP contribution in [-0.4, -0.2) is 18.2 Å². The minimum atomic E-state index is -0.214. The van der Waals surface area contributed by atoms with Gasteiger partial charge in [0.1, 0.15) is 6.61 Å². The molecule has 0 saturated carbocycles. The van der Waals surface area contributed by atoms with Crippen LogP contribution in [0.15, 0.2) is 73.4 Å². The number of methoxy groups -OCH3 is 1. The molecule has 0 spiro atoms. The number of rotatable bonds is 6. The van der Waals surface area contributed by atoms with E-state index in [2.05, 4.69) is 42.2 Å². The van der Waals surface area contributed by atoms with Crippen LogP contribution in [0.4, 0.5) is 5.69 Å². The first-order valence-electron chi connectivity index (χ1n) is 10.1. The number of hydrogen-bond acceptors (Lipinski definition) is 5. The monoisotopic (exact) mass is 620 g/mol. The third kappa shape index (κ3) is 5.86. The molecule has 1 heterocycles. The van der Waals surface area contributed by atoms with Crippen molar-refractivity contribution in [2.24, 2.45) is 4.99 Å². The minimum absolute atomic E-state index is 0.214. The SMILES string of the molecule is COc1cc(/C=C2/SC(=Nc3cccc(Cl)c3C)NC2=O)cc(Br)c1OCc1ccc(Br)cc1. The second kappa shape index (κ2) is 11.0. The number of carbonyl (C=O) groups excluding carboxylic acids is 1. The van der Waals surface area contributed by atoms with Gasteiger partial charge in [-0.05, 0) is 93.8 Å². The summed E-state index contributed by atoms with van der Waals surface area (Å²) >= 11 is 14.5. The molecule has 34 heavy (non-hydrogen) atoms. The molecule has 0 radical (unpaired) electrons. The molecule has 3 aromatic carbocycles. The molecule has 0 aromatic heterocycles. The normalized spacial score (nSPS) is 15.6. The van der Waals surface area contributed by atoms with E-state index in [9.17, 15) is 4.79 Å². The summed E-state index contributed by atoms with van der Waals surface area (Å²) in [6.45, 7) is 2.29. The van der Waals surface area contributed by atoms with E-state index in [1.54, 1.807) is 13.2 Å².